The van der Waals surface area contributed by atoms with Crippen LogP contribution in [-0.4, -0.2) is 51.0 Å². The summed E-state index contributed by atoms with van der Waals surface area (Å²) in [6.45, 7) is 4.73. The summed E-state index contributed by atoms with van der Waals surface area (Å²) in [5.74, 6) is 0. The molecule has 0 aliphatic heterocycles. The zero-order valence-corrected chi connectivity index (χ0v) is 13.5. The van der Waals surface area contributed by atoms with Gasteiger partial charge in [0.05, 0.1) is 0 Å². The van der Waals surface area contributed by atoms with Crippen molar-refractivity contribution in [3.05, 3.63) is 23.9 Å². The van der Waals surface area contributed by atoms with E-state index in [0.29, 0.717) is 19.1 Å². The molecule has 1 aromatic rings. The van der Waals surface area contributed by atoms with Gasteiger partial charge in [-0.15, -0.1) is 0 Å². The van der Waals surface area contributed by atoms with Crippen LogP contribution in [0.15, 0.2) is 23.4 Å². The Balaban J connectivity index is 1.86. The molecule has 0 bridgehead atoms. The van der Waals surface area contributed by atoms with Crippen LogP contribution in [0.5, 0.6) is 0 Å². The number of pyridine rings is 1. The van der Waals surface area contributed by atoms with Crippen LogP contribution in [0.4, 0.5) is 0 Å². The summed E-state index contributed by atoms with van der Waals surface area (Å²) in [6, 6.07) is 4.01. The van der Waals surface area contributed by atoms with Gasteiger partial charge in [-0.05, 0) is 38.1 Å². The minimum Gasteiger partial charge on any atom is -0.310 e. The SMILES string of the molecule is CCN(C)CCNS(=O)(=O)c1ccc(CNC2CC2)cn1. The minimum absolute atomic E-state index is 0.0804. The second-order valence-corrected chi connectivity index (χ2v) is 7.17. The summed E-state index contributed by atoms with van der Waals surface area (Å²) >= 11 is 0. The summed E-state index contributed by atoms with van der Waals surface area (Å²) < 4.78 is 26.7. The van der Waals surface area contributed by atoms with Gasteiger partial charge in [0.1, 0.15) is 0 Å². The Morgan fingerprint density at radius 2 is 2.14 bits per heavy atom. The van der Waals surface area contributed by atoms with Crippen LogP contribution in [0.25, 0.3) is 0 Å². The summed E-state index contributed by atoms with van der Waals surface area (Å²) in [5, 5.41) is 3.45. The normalized spacial score (nSPS) is 15.6. The van der Waals surface area contributed by atoms with Gasteiger partial charge in [-0.1, -0.05) is 13.0 Å². The molecule has 1 aliphatic carbocycles. The fourth-order valence-corrected chi connectivity index (χ4v) is 2.77. The van der Waals surface area contributed by atoms with Crippen molar-refractivity contribution >= 4 is 10.0 Å². The first-order valence-corrected chi connectivity index (χ1v) is 8.86. The van der Waals surface area contributed by atoms with Crippen LogP contribution in [0.3, 0.4) is 0 Å². The molecule has 2 N–H and O–H groups in total. The number of hydrogen-bond donors (Lipinski definition) is 2. The van der Waals surface area contributed by atoms with E-state index in [0.717, 1.165) is 18.7 Å². The van der Waals surface area contributed by atoms with E-state index in [1.165, 1.54) is 12.8 Å². The Bertz CT molecular complexity index is 541. The van der Waals surface area contributed by atoms with Gasteiger partial charge in [0.2, 0.25) is 0 Å². The lowest BCUT2D eigenvalue weighted by Gasteiger charge is -2.14. The van der Waals surface area contributed by atoms with Crippen molar-refractivity contribution in [3.8, 4) is 0 Å². The quantitative estimate of drug-likeness (QED) is 0.697. The molecular weight excluding hydrogens is 288 g/mol. The second kappa shape index (κ2) is 7.31. The van der Waals surface area contributed by atoms with E-state index in [9.17, 15) is 8.42 Å². The Morgan fingerprint density at radius 1 is 1.38 bits per heavy atom. The number of nitrogens with zero attached hydrogens (tertiary/aromatic N) is 2. The van der Waals surface area contributed by atoms with Gasteiger partial charge in [0, 0.05) is 31.9 Å². The van der Waals surface area contributed by atoms with Crippen LogP contribution in [-0.2, 0) is 16.6 Å². The van der Waals surface area contributed by atoms with Crippen molar-refractivity contribution in [2.24, 2.45) is 0 Å². The zero-order valence-electron chi connectivity index (χ0n) is 12.7. The van der Waals surface area contributed by atoms with Crippen molar-refractivity contribution in [2.45, 2.75) is 37.4 Å². The maximum atomic E-state index is 12.1. The molecule has 1 fully saturated rings. The van der Waals surface area contributed by atoms with Crippen LogP contribution in [0.2, 0.25) is 0 Å². The van der Waals surface area contributed by atoms with Crippen molar-refractivity contribution < 1.29 is 8.42 Å². The molecule has 0 atom stereocenters. The van der Waals surface area contributed by atoms with Gasteiger partial charge >= 0.3 is 0 Å². The number of aromatic nitrogens is 1. The molecule has 1 heterocycles. The molecule has 0 spiro atoms. The first-order valence-electron chi connectivity index (χ1n) is 7.38. The summed E-state index contributed by atoms with van der Waals surface area (Å²) in [7, 11) is -1.56. The van der Waals surface area contributed by atoms with E-state index in [4.69, 9.17) is 0 Å². The fraction of sp³-hybridized carbons (Fsp3) is 0.643. The highest BCUT2D eigenvalue weighted by atomic mass is 32.2. The van der Waals surface area contributed by atoms with E-state index in [-0.39, 0.29) is 5.03 Å². The third-order valence-corrected chi connectivity index (χ3v) is 4.95. The van der Waals surface area contributed by atoms with Crippen LogP contribution >= 0.6 is 0 Å². The third kappa shape index (κ3) is 5.35. The summed E-state index contributed by atoms with van der Waals surface area (Å²) in [4.78, 5) is 6.11. The molecular formula is C14H24N4O2S. The zero-order chi connectivity index (χ0) is 15.3. The van der Waals surface area contributed by atoms with Crippen LogP contribution in [0, 0.1) is 0 Å². The molecule has 118 valence electrons. The maximum Gasteiger partial charge on any atom is 0.258 e. The lowest BCUT2D eigenvalue weighted by molar-refractivity contribution is 0.358. The average Bonchev–Trinajstić information content (AvgIpc) is 3.29. The standard InChI is InChI=1S/C14H24N4O2S/c1-3-18(2)9-8-17-21(19,20)14-7-4-12(11-16-14)10-15-13-5-6-13/h4,7,11,13,15,17H,3,5-6,8-10H2,1-2H3. The van der Waals surface area contributed by atoms with Crippen LogP contribution in [0.1, 0.15) is 25.3 Å². The highest BCUT2D eigenvalue weighted by Crippen LogP contribution is 2.19. The molecule has 0 radical (unpaired) electrons. The predicted molar refractivity (Wildman–Crippen MR) is 82.5 cm³/mol. The molecule has 1 aliphatic rings. The number of nitrogens with one attached hydrogen (secondary N) is 2. The van der Waals surface area contributed by atoms with E-state index in [1.807, 2.05) is 24.9 Å². The van der Waals surface area contributed by atoms with E-state index < -0.39 is 10.0 Å². The van der Waals surface area contributed by atoms with Gasteiger partial charge in [-0.3, -0.25) is 0 Å². The summed E-state index contributed by atoms with van der Waals surface area (Å²) in [5.41, 5.74) is 1.01. The highest BCUT2D eigenvalue weighted by Gasteiger charge is 2.20. The molecule has 0 aromatic carbocycles. The Labute approximate surface area is 127 Å². The number of sulfonamides is 1. The van der Waals surface area contributed by atoms with Gasteiger partial charge in [0.15, 0.2) is 5.03 Å². The third-order valence-electron chi connectivity index (χ3n) is 3.57. The lowest BCUT2D eigenvalue weighted by atomic mass is 10.3. The monoisotopic (exact) mass is 312 g/mol. The van der Waals surface area contributed by atoms with Crippen molar-refractivity contribution in [1.82, 2.24) is 19.9 Å². The first-order chi connectivity index (χ1) is 10.0. The van der Waals surface area contributed by atoms with Crippen LogP contribution < -0.4 is 10.0 Å². The molecule has 0 saturated heterocycles. The molecule has 1 saturated carbocycles. The van der Waals surface area contributed by atoms with Gasteiger partial charge in [0.25, 0.3) is 10.0 Å². The smallest absolute Gasteiger partial charge is 0.258 e. The second-order valence-electron chi connectivity index (χ2n) is 5.45. The lowest BCUT2D eigenvalue weighted by Crippen LogP contribution is -2.33. The molecule has 21 heavy (non-hydrogen) atoms. The minimum atomic E-state index is -3.51. The predicted octanol–water partition coefficient (Wildman–Crippen LogP) is 0.564. The topological polar surface area (TPSA) is 74.3 Å². The number of likely N-dealkylation sites (N-methyl/N-ethyl adjacent to an activating group) is 1. The van der Waals surface area contributed by atoms with Crippen molar-refractivity contribution in [3.63, 3.8) is 0 Å². The molecule has 6 nitrogen and oxygen atoms in total. The summed E-state index contributed by atoms with van der Waals surface area (Å²) in [6.07, 6.45) is 4.09. The largest absolute Gasteiger partial charge is 0.310 e. The van der Waals surface area contributed by atoms with Crippen molar-refractivity contribution in [2.75, 3.05) is 26.7 Å². The number of hydrogen-bond acceptors (Lipinski definition) is 5. The Morgan fingerprint density at radius 3 is 2.71 bits per heavy atom. The van der Waals surface area contributed by atoms with Gasteiger partial charge < -0.3 is 10.2 Å². The molecule has 2 rings (SSSR count). The van der Waals surface area contributed by atoms with Crippen molar-refractivity contribution in [1.29, 1.82) is 0 Å². The molecule has 1 aromatic heterocycles. The average molecular weight is 312 g/mol. The first kappa shape index (κ1) is 16.4. The van der Waals surface area contributed by atoms with E-state index in [2.05, 4.69) is 15.0 Å². The molecule has 7 heteroatoms. The maximum absolute atomic E-state index is 12.1. The van der Waals surface area contributed by atoms with Gasteiger partial charge in [-0.25, -0.2) is 18.1 Å². The van der Waals surface area contributed by atoms with E-state index in [1.54, 1.807) is 12.3 Å². The van der Waals surface area contributed by atoms with E-state index >= 15 is 0 Å². The Hall–Kier alpha value is -1.02. The Kier molecular flexibility index (Phi) is 5.69. The van der Waals surface area contributed by atoms with Gasteiger partial charge in [-0.2, -0.15) is 0 Å². The molecule has 0 unspecified atom stereocenters. The fourth-order valence-electron chi connectivity index (χ4n) is 1.83. The highest BCUT2D eigenvalue weighted by molar-refractivity contribution is 7.89. The number of rotatable bonds is 9. The molecule has 0 amide bonds.